The summed E-state index contributed by atoms with van der Waals surface area (Å²) in [4.78, 5) is 12.1. The molecule has 2 N–H and O–H groups in total. The molecular formula is C14H9Br2Cl2NO2. The molecule has 0 saturated heterocycles. The van der Waals surface area contributed by atoms with Crippen molar-refractivity contribution in [3.63, 3.8) is 0 Å². The van der Waals surface area contributed by atoms with E-state index in [4.69, 9.17) is 23.2 Å². The number of carbonyl (C=O) groups excluding carboxylic acids is 1. The fourth-order valence-electron chi connectivity index (χ4n) is 1.67. The lowest BCUT2D eigenvalue weighted by atomic mass is 10.1. The maximum absolute atomic E-state index is 12.1. The van der Waals surface area contributed by atoms with Gasteiger partial charge in [0.15, 0.2) is 0 Å². The van der Waals surface area contributed by atoms with Gasteiger partial charge in [0.1, 0.15) is 5.75 Å². The van der Waals surface area contributed by atoms with Crippen LogP contribution in [0.5, 0.6) is 5.75 Å². The third-order valence-corrected chi connectivity index (χ3v) is 4.51. The molecule has 0 spiro atoms. The second kappa shape index (κ2) is 7.01. The Morgan fingerprint density at radius 3 is 2.52 bits per heavy atom. The van der Waals surface area contributed by atoms with E-state index in [9.17, 15) is 9.90 Å². The second-order valence-corrected chi connectivity index (χ2v) is 6.80. The predicted octanol–water partition coefficient (Wildman–Crippen LogP) is 5.15. The first-order chi connectivity index (χ1) is 9.88. The Bertz CT molecular complexity index is 708. The van der Waals surface area contributed by atoms with Gasteiger partial charge in [-0.05, 0) is 45.8 Å². The highest BCUT2D eigenvalue weighted by molar-refractivity contribution is 9.11. The van der Waals surface area contributed by atoms with Crippen LogP contribution in [0.4, 0.5) is 0 Å². The highest BCUT2D eigenvalue weighted by atomic mass is 79.9. The molecule has 2 aromatic carbocycles. The summed E-state index contributed by atoms with van der Waals surface area (Å²) in [6, 6.07) is 8.32. The number of carbonyl (C=O) groups is 1. The molecule has 0 bridgehead atoms. The van der Waals surface area contributed by atoms with Crippen molar-refractivity contribution in [3.8, 4) is 5.75 Å². The molecule has 0 radical (unpaired) electrons. The number of rotatable bonds is 3. The number of phenolic OH excluding ortho intramolecular Hbond substituents is 1. The van der Waals surface area contributed by atoms with Gasteiger partial charge in [0.2, 0.25) is 0 Å². The van der Waals surface area contributed by atoms with Crippen LogP contribution in [0.15, 0.2) is 39.3 Å². The lowest BCUT2D eigenvalue weighted by Gasteiger charge is -2.09. The SMILES string of the molecule is O=C(NCc1ccc(Cl)c(Cl)c1)c1cc(Br)cc(Br)c1O. The first-order valence-electron chi connectivity index (χ1n) is 5.78. The molecule has 0 fully saturated rings. The lowest BCUT2D eigenvalue weighted by Crippen LogP contribution is -2.23. The average Bonchev–Trinajstić information content (AvgIpc) is 2.43. The maximum atomic E-state index is 12.1. The Morgan fingerprint density at radius 1 is 1.14 bits per heavy atom. The molecule has 2 aromatic rings. The van der Waals surface area contributed by atoms with Gasteiger partial charge >= 0.3 is 0 Å². The molecule has 0 aliphatic carbocycles. The summed E-state index contributed by atoms with van der Waals surface area (Å²) in [7, 11) is 0. The molecule has 0 heterocycles. The molecule has 0 unspecified atom stereocenters. The summed E-state index contributed by atoms with van der Waals surface area (Å²) < 4.78 is 1.13. The van der Waals surface area contributed by atoms with Crippen LogP contribution in [-0.4, -0.2) is 11.0 Å². The van der Waals surface area contributed by atoms with Gasteiger partial charge in [-0.25, -0.2) is 0 Å². The van der Waals surface area contributed by atoms with Gasteiger partial charge in [0.05, 0.1) is 20.1 Å². The number of halogens is 4. The molecule has 110 valence electrons. The molecule has 0 atom stereocenters. The fraction of sp³-hybridized carbons (Fsp3) is 0.0714. The highest BCUT2D eigenvalue weighted by Crippen LogP contribution is 2.31. The molecule has 0 aliphatic heterocycles. The Hall–Kier alpha value is -0.750. The topological polar surface area (TPSA) is 49.3 Å². The molecule has 21 heavy (non-hydrogen) atoms. The van der Waals surface area contributed by atoms with Gasteiger partial charge in [0.25, 0.3) is 5.91 Å². The number of aromatic hydroxyl groups is 1. The molecule has 1 amide bonds. The van der Waals surface area contributed by atoms with Gasteiger partial charge in [-0.3, -0.25) is 4.79 Å². The summed E-state index contributed by atoms with van der Waals surface area (Å²) in [5.74, 6) is -0.495. The van der Waals surface area contributed by atoms with Crippen molar-refractivity contribution in [3.05, 3.63) is 60.4 Å². The van der Waals surface area contributed by atoms with Gasteiger partial charge in [0, 0.05) is 11.0 Å². The zero-order chi connectivity index (χ0) is 15.6. The van der Waals surface area contributed by atoms with Crippen LogP contribution < -0.4 is 5.32 Å². The van der Waals surface area contributed by atoms with Crippen molar-refractivity contribution in [2.75, 3.05) is 0 Å². The number of hydrogen-bond donors (Lipinski definition) is 2. The van der Waals surface area contributed by atoms with E-state index in [0.29, 0.717) is 19.0 Å². The van der Waals surface area contributed by atoms with Gasteiger partial charge in [-0.1, -0.05) is 45.2 Å². The zero-order valence-electron chi connectivity index (χ0n) is 10.5. The summed E-state index contributed by atoms with van der Waals surface area (Å²) in [5.41, 5.74) is 0.989. The third-order valence-electron chi connectivity index (χ3n) is 2.71. The van der Waals surface area contributed by atoms with E-state index in [2.05, 4.69) is 37.2 Å². The van der Waals surface area contributed by atoms with Crippen molar-refractivity contribution in [1.82, 2.24) is 5.32 Å². The van der Waals surface area contributed by atoms with E-state index in [-0.39, 0.29) is 23.8 Å². The minimum atomic E-state index is -0.388. The van der Waals surface area contributed by atoms with E-state index in [1.807, 2.05) is 0 Å². The Balaban J connectivity index is 2.13. The predicted molar refractivity (Wildman–Crippen MR) is 91.1 cm³/mol. The first kappa shape index (κ1) is 16.6. The van der Waals surface area contributed by atoms with Crippen LogP contribution in [0, 0.1) is 0 Å². The summed E-state index contributed by atoms with van der Waals surface area (Å²) in [6.07, 6.45) is 0. The highest BCUT2D eigenvalue weighted by Gasteiger charge is 2.14. The maximum Gasteiger partial charge on any atom is 0.255 e. The first-order valence-corrected chi connectivity index (χ1v) is 8.13. The molecule has 7 heteroatoms. The van der Waals surface area contributed by atoms with Gasteiger partial charge in [-0.2, -0.15) is 0 Å². The van der Waals surface area contributed by atoms with Crippen molar-refractivity contribution in [2.45, 2.75) is 6.54 Å². The van der Waals surface area contributed by atoms with Crippen LogP contribution in [0.3, 0.4) is 0 Å². The summed E-state index contributed by atoms with van der Waals surface area (Å²) in [6.45, 7) is 0.277. The van der Waals surface area contributed by atoms with Crippen molar-refractivity contribution in [1.29, 1.82) is 0 Å². The number of hydrogen-bond acceptors (Lipinski definition) is 2. The van der Waals surface area contributed by atoms with Crippen LogP contribution >= 0.6 is 55.1 Å². The Labute approximate surface area is 148 Å². The standard InChI is InChI=1S/C14H9Br2Cl2NO2/c15-8-4-9(13(20)10(16)5-8)14(21)19-6-7-1-2-11(17)12(18)3-7/h1-5,20H,6H2,(H,19,21). The zero-order valence-corrected chi connectivity index (χ0v) is 15.1. The smallest absolute Gasteiger partial charge is 0.255 e. The number of phenols is 1. The van der Waals surface area contributed by atoms with Gasteiger partial charge < -0.3 is 10.4 Å². The quantitative estimate of drug-likeness (QED) is 0.675. The van der Waals surface area contributed by atoms with E-state index < -0.39 is 0 Å². The van der Waals surface area contributed by atoms with Crippen LogP contribution in [0.25, 0.3) is 0 Å². The van der Waals surface area contributed by atoms with E-state index in [0.717, 1.165) is 5.56 Å². The van der Waals surface area contributed by atoms with E-state index in [1.165, 1.54) is 0 Å². The molecule has 3 nitrogen and oxygen atoms in total. The fourth-order valence-corrected chi connectivity index (χ4v) is 3.21. The minimum Gasteiger partial charge on any atom is -0.506 e. The second-order valence-electron chi connectivity index (χ2n) is 4.21. The molecule has 0 saturated carbocycles. The Morgan fingerprint density at radius 2 is 1.86 bits per heavy atom. The average molecular weight is 454 g/mol. The van der Waals surface area contributed by atoms with Crippen LogP contribution in [0.1, 0.15) is 15.9 Å². The number of nitrogens with one attached hydrogen (secondary N) is 1. The van der Waals surface area contributed by atoms with Crippen molar-refractivity contribution in [2.24, 2.45) is 0 Å². The normalized spacial score (nSPS) is 10.5. The lowest BCUT2D eigenvalue weighted by molar-refractivity contribution is 0.0948. The Kier molecular flexibility index (Phi) is 5.54. The van der Waals surface area contributed by atoms with Crippen molar-refractivity contribution >= 4 is 61.0 Å². The minimum absolute atomic E-state index is 0.107. The third kappa shape index (κ3) is 4.13. The summed E-state index contributed by atoms with van der Waals surface area (Å²) in [5, 5.41) is 13.5. The molecule has 0 aromatic heterocycles. The van der Waals surface area contributed by atoms with E-state index >= 15 is 0 Å². The van der Waals surface area contributed by atoms with Gasteiger partial charge in [-0.15, -0.1) is 0 Å². The van der Waals surface area contributed by atoms with Crippen LogP contribution in [-0.2, 0) is 6.54 Å². The summed E-state index contributed by atoms with van der Waals surface area (Å²) >= 11 is 18.2. The number of amides is 1. The monoisotopic (exact) mass is 451 g/mol. The molecular weight excluding hydrogens is 445 g/mol. The molecule has 0 aliphatic rings. The number of benzene rings is 2. The van der Waals surface area contributed by atoms with Crippen molar-refractivity contribution < 1.29 is 9.90 Å². The van der Waals surface area contributed by atoms with Crippen LogP contribution in [0.2, 0.25) is 10.0 Å². The largest absolute Gasteiger partial charge is 0.506 e. The van der Waals surface area contributed by atoms with E-state index in [1.54, 1.807) is 30.3 Å². The molecule has 2 rings (SSSR count).